The first kappa shape index (κ1) is 14.2. The van der Waals surface area contributed by atoms with Crippen molar-refractivity contribution in [2.75, 3.05) is 0 Å². The highest BCUT2D eigenvalue weighted by Gasteiger charge is 2.10. The minimum Gasteiger partial charge on any atom is -0.347 e. The molecule has 0 radical (unpaired) electrons. The summed E-state index contributed by atoms with van der Waals surface area (Å²) in [6.45, 7) is 1.98. The molecule has 0 bridgehead atoms. The van der Waals surface area contributed by atoms with E-state index in [4.69, 9.17) is 10.3 Å². The number of rotatable bonds is 6. The number of carbonyl (C=O) groups is 1. The fourth-order valence-electron chi connectivity index (χ4n) is 1.83. The molecule has 1 unspecified atom stereocenters. The van der Waals surface area contributed by atoms with Gasteiger partial charge in [-0.15, -0.1) is 0 Å². The van der Waals surface area contributed by atoms with E-state index in [2.05, 4.69) is 15.5 Å². The zero-order chi connectivity index (χ0) is 14.4. The van der Waals surface area contributed by atoms with Crippen molar-refractivity contribution in [3.63, 3.8) is 0 Å². The number of amides is 1. The fourth-order valence-corrected chi connectivity index (χ4v) is 1.83. The molecular weight excluding hydrogens is 256 g/mol. The SMILES string of the molecule is Cc1noc(CNC(=O)CCC(N)c2ccccc2)n1. The molecule has 20 heavy (non-hydrogen) atoms. The molecule has 6 heteroatoms. The van der Waals surface area contributed by atoms with Gasteiger partial charge in [-0.1, -0.05) is 35.5 Å². The van der Waals surface area contributed by atoms with E-state index in [1.54, 1.807) is 6.92 Å². The second kappa shape index (κ2) is 6.81. The molecule has 0 saturated carbocycles. The number of hydrogen-bond donors (Lipinski definition) is 2. The van der Waals surface area contributed by atoms with Crippen LogP contribution in [-0.2, 0) is 11.3 Å². The van der Waals surface area contributed by atoms with E-state index in [-0.39, 0.29) is 18.5 Å². The Bertz CT molecular complexity index is 553. The minimum absolute atomic E-state index is 0.0766. The molecule has 106 valence electrons. The first-order valence-electron chi connectivity index (χ1n) is 6.51. The van der Waals surface area contributed by atoms with Crippen LogP contribution in [-0.4, -0.2) is 16.0 Å². The number of aryl methyl sites for hydroxylation is 1. The Labute approximate surface area is 117 Å². The van der Waals surface area contributed by atoms with Gasteiger partial charge in [0.25, 0.3) is 0 Å². The van der Waals surface area contributed by atoms with E-state index < -0.39 is 0 Å². The summed E-state index contributed by atoms with van der Waals surface area (Å²) in [7, 11) is 0. The number of nitrogens with one attached hydrogen (secondary N) is 1. The van der Waals surface area contributed by atoms with E-state index in [1.165, 1.54) is 0 Å². The highest BCUT2D eigenvalue weighted by molar-refractivity contribution is 5.75. The number of nitrogens with zero attached hydrogens (tertiary/aromatic N) is 2. The van der Waals surface area contributed by atoms with Crippen LogP contribution in [0.15, 0.2) is 34.9 Å². The molecule has 2 rings (SSSR count). The van der Waals surface area contributed by atoms with E-state index in [0.717, 1.165) is 5.56 Å². The van der Waals surface area contributed by atoms with Crippen LogP contribution < -0.4 is 11.1 Å². The zero-order valence-electron chi connectivity index (χ0n) is 11.4. The Morgan fingerprint density at radius 1 is 1.40 bits per heavy atom. The molecule has 0 aliphatic carbocycles. The van der Waals surface area contributed by atoms with Crippen molar-refractivity contribution in [1.82, 2.24) is 15.5 Å². The van der Waals surface area contributed by atoms with Gasteiger partial charge in [-0.05, 0) is 18.9 Å². The summed E-state index contributed by atoms with van der Waals surface area (Å²) in [5.74, 6) is 0.885. The van der Waals surface area contributed by atoms with Crippen molar-refractivity contribution in [2.24, 2.45) is 5.73 Å². The van der Waals surface area contributed by atoms with Crippen LogP contribution in [0, 0.1) is 6.92 Å². The molecule has 0 saturated heterocycles. The van der Waals surface area contributed by atoms with Gasteiger partial charge in [0, 0.05) is 12.5 Å². The second-order valence-electron chi connectivity index (χ2n) is 4.57. The number of aromatic nitrogens is 2. The summed E-state index contributed by atoms with van der Waals surface area (Å²) in [6, 6.07) is 9.61. The summed E-state index contributed by atoms with van der Waals surface area (Å²) in [5.41, 5.74) is 7.07. The van der Waals surface area contributed by atoms with Crippen LogP contribution in [0.1, 0.15) is 36.2 Å². The van der Waals surface area contributed by atoms with Gasteiger partial charge in [0.05, 0.1) is 6.54 Å². The lowest BCUT2D eigenvalue weighted by molar-refractivity contribution is -0.121. The highest BCUT2D eigenvalue weighted by atomic mass is 16.5. The van der Waals surface area contributed by atoms with Crippen molar-refractivity contribution >= 4 is 5.91 Å². The van der Waals surface area contributed by atoms with E-state index in [9.17, 15) is 4.79 Å². The standard InChI is InChI=1S/C14H18N4O2/c1-10-17-14(20-18-10)9-16-13(19)8-7-12(15)11-5-3-2-4-6-11/h2-6,12H,7-9,15H2,1H3,(H,16,19). The quantitative estimate of drug-likeness (QED) is 0.832. The highest BCUT2D eigenvalue weighted by Crippen LogP contribution is 2.14. The topological polar surface area (TPSA) is 94.0 Å². The van der Waals surface area contributed by atoms with Gasteiger partial charge in [-0.3, -0.25) is 4.79 Å². The summed E-state index contributed by atoms with van der Waals surface area (Å²) in [5, 5.41) is 6.38. The molecule has 0 fully saturated rings. The predicted octanol–water partition coefficient (Wildman–Crippen LogP) is 1.47. The summed E-state index contributed by atoms with van der Waals surface area (Å²) in [6.07, 6.45) is 0.960. The van der Waals surface area contributed by atoms with Gasteiger partial charge in [0.1, 0.15) is 0 Å². The van der Waals surface area contributed by atoms with Crippen molar-refractivity contribution in [2.45, 2.75) is 32.4 Å². The third kappa shape index (κ3) is 4.17. The lowest BCUT2D eigenvalue weighted by Gasteiger charge is -2.11. The Morgan fingerprint density at radius 2 is 2.15 bits per heavy atom. The average Bonchev–Trinajstić information content (AvgIpc) is 2.89. The van der Waals surface area contributed by atoms with Gasteiger partial charge in [-0.2, -0.15) is 4.98 Å². The minimum atomic E-state index is -0.132. The van der Waals surface area contributed by atoms with Gasteiger partial charge < -0.3 is 15.6 Å². The molecule has 0 aliphatic rings. The van der Waals surface area contributed by atoms with Crippen molar-refractivity contribution in [1.29, 1.82) is 0 Å². The third-order valence-electron chi connectivity index (χ3n) is 2.92. The molecule has 3 N–H and O–H groups in total. The number of nitrogens with two attached hydrogens (primary N) is 1. The van der Waals surface area contributed by atoms with Gasteiger partial charge in [0.15, 0.2) is 5.82 Å². The Balaban J connectivity index is 1.72. The molecular formula is C14H18N4O2. The lowest BCUT2D eigenvalue weighted by Crippen LogP contribution is -2.24. The smallest absolute Gasteiger partial charge is 0.246 e. The van der Waals surface area contributed by atoms with Crippen molar-refractivity contribution < 1.29 is 9.32 Å². The first-order valence-corrected chi connectivity index (χ1v) is 6.51. The van der Waals surface area contributed by atoms with Crippen LogP contribution >= 0.6 is 0 Å². The van der Waals surface area contributed by atoms with E-state index >= 15 is 0 Å². The van der Waals surface area contributed by atoms with Crippen LogP contribution in [0.5, 0.6) is 0 Å². The van der Waals surface area contributed by atoms with Crippen LogP contribution in [0.2, 0.25) is 0 Å². The van der Waals surface area contributed by atoms with Crippen LogP contribution in [0.3, 0.4) is 0 Å². The average molecular weight is 274 g/mol. The lowest BCUT2D eigenvalue weighted by atomic mass is 10.0. The molecule has 1 aromatic carbocycles. The van der Waals surface area contributed by atoms with Gasteiger partial charge >= 0.3 is 0 Å². The number of hydrogen-bond acceptors (Lipinski definition) is 5. The molecule has 1 aromatic heterocycles. The Kier molecular flexibility index (Phi) is 4.84. The predicted molar refractivity (Wildman–Crippen MR) is 73.5 cm³/mol. The maximum absolute atomic E-state index is 11.7. The normalized spacial score (nSPS) is 12.1. The van der Waals surface area contributed by atoms with E-state index in [1.807, 2.05) is 30.3 Å². The number of carbonyl (C=O) groups excluding carboxylic acids is 1. The Morgan fingerprint density at radius 3 is 2.80 bits per heavy atom. The van der Waals surface area contributed by atoms with Gasteiger partial charge in [-0.25, -0.2) is 0 Å². The summed E-state index contributed by atoms with van der Waals surface area (Å²) >= 11 is 0. The van der Waals surface area contributed by atoms with Crippen molar-refractivity contribution in [3.8, 4) is 0 Å². The summed E-state index contributed by atoms with van der Waals surface area (Å²) < 4.78 is 4.91. The van der Waals surface area contributed by atoms with Crippen molar-refractivity contribution in [3.05, 3.63) is 47.6 Å². The maximum atomic E-state index is 11.7. The second-order valence-corrected chi connectivity index (χ2v) is 4.57. The summed E-state index contributed by atoms with van der Waals surface area (Å²) in [4.78, 5) is 15.7. The van der Waals surface area contributed by atoms with Crippen LogP contribution in [0.4, 0.5) is 0 Å². The largest absolute Gasteiger partial charge is 0.347 e. The number of benzene rings is 1. The molecule has 1 atom stereocenters. The third-order valence-corrected chi connectivity index (χ3v) is 2.92. The van der Waals surface area contributed by atoms with Gasteiger partial charge in [0.2, 0.25) is 11.8 Å². The van der Waals surface area contributed by atoms with Crippen LogP contribution in [0.25, 0.3) is 0 Å². The fraction of sp³-hybridized carbons (Fsp3) is 0.357. The molecule has 0 spiro atoms. The molecule has 2 aromatic rings. The molecule has 1 heterocycles. The molecule has 6 nitrogen and oxygen atoms in total. The molecule has 0 aliphatic heterocycles. The van der Waals surface area contributed by atoms with E-state index in [0.29, 0.717) is 24.6 Å². The molecule has 1 amide bonds. The first-order chi connectivity index (χ1) is 9.65. The maximum Gasteiger partial charge on any atom is 0.246 e. The zero-order valence-corrected chi connectivity index (χ0v) is 11.4. The Hall–Kier alpha value is -2.21. The monoisotopic (exact) mass is 274 g/mol.